The molecule has 6 rings (SSSR count). The van der Waals surface area contributed by atoms with Crippen molar-refractivity contribution in [3.8, 4) is 22.6 Å². The van der Waals surface area contributed by atoms with Crippen LogP contribution in [0.2, 0.25) is 0 Å². The predicted molar refractivity (Wildman–Crippen MR) is 169 cm³/mol. The Morgan fingerprint density at radius 1 is 0.475 bits per heavy atom. The predicted octanol–water partition coefficient (Wildman–Crippen LogP) is 10.1. The van der Waals surface area contributed by atoms with Gasteiger partial charge in [-0.15, -0.1) is 0 Å². The number of hydrogen-bond acceptors (Lipinski definition) is 2. The highest BCUT2D eigenvalue weighted by Crippen LogP contribution is 2.42. The monoisotopic (exact) mass is 518 g/mol. The van der Waals surface area contributed by atoms with Crippen LogP contribution in [0.4, 0.5) is 0 Å². The van der Waals surface area contributed by atoms with Crippen molar-refractivity contribution >= 4 is 33.7 Å². The van der Waals surface area contributed by atoms with Crippen molar-refractivity contribution in [1.29, 1.82) is 0 Å². The average molecular weight is 519 g/mol. The molecule has 0 N–H and O–H groups in total. The maximum absolute atomic E-state index is 6.24. The van der Waals surface area contributed by atoms with Crippen molar-refractivity contribution in [2.45, 2.75) is 13.2 Å². The first kappa shape index (κ1) is 25.2. The molecule has 0 atom stereocenters. The summed E-state index contributed by atoms with van der Waals surface area (Å²) in [5.74, 6) is 1.65. The van der Waals surface area contributed by atoms with Gasteiger partial charge in [-0.1, -0.05) is 122 Å². The molecule has 0 aliphatic carbocycles. The molecule has 0 saturated carbocycles. The van der Waals surface area contributed by atoms with Gasteiger partial charge in [-0.3, -0.25) is 0 Å². The minimum absolute atomic E-state index is 0.511. The summed E-state index contributed by atoms with van der Waals surface area (Å²) >= 11 is 0. The van der Waals surface area contributed by atoms with E-state index < -0.39 is 0 Å². The van der Waals surface area contributed by atoms with E-state index in [0.717, 1.165) is 66.4 Å². The molecule has 0 heterocycles. The molecule has 0 amide bonds. The van der Waals surface area contributed by atoms with Gasteiger partial charge in [0.2, 0.25) is 0 Å². The fourth-order valence-electron chi connectivity index (χ4n) is 5.19. The maximum atomic E-state index is 6.24. The van der Waals surface area contributed by atoms with Crippen LogP contribution >= 0.6 is 0 Å². The van der Waals surface area contributed by atoms with E-state index >= 15 is 0 Å². The minimum atomic E-state index is 0.511. The van der Waals surface area contributed by atoms with E-state index in [0.29, 0.717) is 13.2 Å². The number of benzene rings is 6. The second kappa shape index (κ2) is 11.3. The van der Waals surface area contributed by atoms with Gasteiger partial charge in [0.1, 0.15) is 24.7 Å². The highest BCUT2D eigenvalue weighted by Gasteiger charge is 2.16. The molecular weight excluding hydrogens is 488 g/mol. The van der Waals surface area contributed by atoms with Gasteiger partial charge >= 0.3 is 0 Å². The van der Waals surface area contributed by atoms with E-state index in [9.17, 15) is 0 Å². The van der Waals surface area contributed by atoms with Crippen LogP contribution in [-0.2, 0) is 13.2 Å². The third-order valence-electron chi connectivity index (χ3n) is 7.24. The normalized spacial score (nSPS) is 10.9. The van der Waals surface area contributed by atoms with E-state index in [1.807, 2.05) is 60.7 Å². The number of ether oxygens (including phenoxy) is 2. The number of rotatable bonds is 9. The van der Waals surface area contributed by atoms with E-state index in [2.05, 4.69) is 86.0 Å². The van der Waals surface area contributed by atoms with Crippen LogP contribution in [0.5, 0.6) is 11.5 Å². The largest absolute Gasteiger partial charge is 0.489 e. The van der Waals surface area contributed by atoms with E-state index in [-0.39, 0.29) is 0 Å². The second-order valence-corrected chi connectivity index (χ2v) is 9.78. The molecule has 2 heteroatoms. The molecule has 0 aromatic heterocycles. The lowest BCUT2D eigenvalue weighted by molar-refractivity contribution is 0.306. The van der Waals surface area contributed by atoms with Gasteiger partial charge in [0, 0.05) is 0 Å². The van der Waals surface area contributed by atoms with Gasteiger partial charge in [0.25, 0.3) is 0 Å². The Balaban J connectivity index is 1.48. The molecule has 6 aromatic carbocycles. The Kier molecular flexibility index (Phi) is 7.15. The van der Waals surface area contributed by atoms with Crippen LogP contribution in [0.25, 0.3) is 44.8 Å². The van der Waals surface area contributed by atoms with Gasteiger partial charge in [-0.2, -0.15) is 0 Å². The fourth-order valence-corrected chi connectivity index (χ4v) is 5.19. The standard InChI is InChI=1S/C38H30O2/c1-3-29-15-17-31-19-21-33(39-25-27-11-7-5-8-12-27)23-35(31)37(29)38-30(4-2)16-18-32-20-22-34(24-36(32)38)40-26-28-13-9-6-10-14-28/h3-24H,1-2,25-26H2. The van der Waals surface area contributed by atoms with Crippen molar-refractivity contribution in [2.24, 2.45) is 0 Å². The third-order valence-corrected chi connectivity index (χ3v) is 7.24. The SMILES string of the molecule is C=Cc1ccc2ccc(OCc3ccccc3)cc2c1-c1c(C=C)ccc2ccc(OCc3ccccc3)cc12. The van der Waals surface area contributed by atoms with Crippen LogP contribution < -0.4 is 9.47 Å². The average Bonchev–Trinajstić information content (AvgIpc) is 3.02. The molecule has 0 bridgehead atoms. The van der Waals surface area contributed by atoms with Gasteiger partial charge in [-0.25, -0.2) is 0 Å². The van der Waals surface area contributed by atoms with Crippen molar-refractivity contribution in [3.63, 3.8) is 0 Å². The Hall–Kier alpha value is -5.08. The van der Waals surface area contributed by atoms with Crippen LogP contribution in [0, 0.1) is 0 Å². The highest BCUT2D eigenvalue weighted by atomic mass is 16.5. The van der Waals surface area contributed by atoms with E-state index in [4.69, 9.17) is 9.47 Å². The summed E-state index contributed by atoms with van der Waals surface area (Å²) in [7, 11) is 0. The third kappa shape index (κ3) is 5.12. The lowest BCUT2D eigenvalue weighted by atomic mass is 9.87. The quantitative estimate of drug-likeness (QED) is 0.190. The zero-order valence-electron chi connectivity index (χ0n) is 22.3. The molecule has 0 fully saturated rings. The zero-order chi connectivity index (χ0) is 27.3. The Bertz CT molecular complexity index is 1680. The highest BCUT2D eigenvalue weighted by molar-refractivity contribution is 6.11. The molecule has 40 heavy (non-hydrogen) atoms. The molecule has 2 nitrogen and oxygen atoms in total. The maximum Gasteiger partial charge on any atom is 0.120 e. The molecule has 6 aromatic rings. The van der Waals surface area contributed by atoms with Crippen LogP contribution in [0.1, 0.15) is 22.3 Å². The van der Waals surface area contributed by atoms with Gasteiger partial charge in [0.15, 0.2) is 0 Å². The Morgan fingerprint density at radius 3 is 1.27 bits per heavy atom. The summed E-state index contributed by atoms with van der Waals surface area (Å²) in [6.45, 7) is 9.34. The first-order valence-electron chi connectivity index (χ1n) is 13.5. The molecule has 0 unspecified atom stereocenters. The van der Waals surface area contributed by atoms with Crippen molar-refractivity contribution in [2.75, 3.05) is 0 Å². The van der Waals surface area contributed by atoms with Crippen molar-refractivity contribution in [1.82, 2.24) is 0 Å². The summed E-state index contributed by atoms with van der Waals surface area (Å²) in [5, 5.41) is 4.48. The van der Waals surface area contributed by atoms with Crippen LogP contribution in [0.3, 0.4) is 0 Å². The number of fused-ring (bicyclic) bond motifs is 2. The first-order chi connectivity index (χ1) is 19.7. The molecule has 0 radical (unpaired) electrons. The summed E-state index contributed by atoms with van der Waals surface area (Å²) < 4.78 is 12.5. The van der Waals surface area contributed by atoms with Crippen LogP contribution in [0.15, 0.2) is 134 Å². The fraction of sp³-hybridized carbons (Fsp3) is 0.0526. The van der Waals surface area contributed by atoms with Crippen molar-refractivity contribution < 1.29 is 9.47 Å². The smallest absolute Gasteiger partial charge is 0.120 e. The Morgan fingerprint density at radius 2 is 0.875 bits per heavy atom. The number of hydrogen-bond donors (Lipinski definition) is 0. The summed E-state index contributed by atoms with van der Waals surface area (Å²) in [5.41, 5.74) is 6.59. The van der Waals surface area contributed by atoms with Gasteiger partial charge in [-0.05, 0) is 79.2 Å². The molecule has 0 aliphatic heterocycles. The molecular formula is C38H30O2. The molecule has 0 spiro atoms. The van der Waals surface area contributed by atoms with E-state index in [1.54, 1.807) is 0 Å². The minimum Gasteiger partial charge on any atom is -0.489 e. The lowest BCUT2D eigenvalue weighted by Crippen LogP contribution is -1.97. The topological polar surface area (TPSA) is 18.5 Å². The molecule has 194 valence electrons. The zero-order valence-corrected chi connectivity index (χ0v) is 22.3. The van der Waals surface area contributed by atoms with Crippen LogP contribution in [-0.4, -0.2) is 0 Å². The first-order valence-corrected chi connectivity index (χ1v) is 13.5. The van der Waals surface area contributed by atoms with E-state index in [1.165, 1.54) is 0 Å². The second-order valence-electron chi connectivity index (χ2n) is 9.78. The summed E-state index contributed by atoms with van der Waals surface area (Å²) in [4.78, 5) is 0. The summed E-state index contributed by atoms with van der Waals surface area (Å²) in [6.07, 6.45) is 3.85. The Labute approximate surface area is 235 Å². The molecule has 0 aliphatic rings. The van der Waals surface area contributed by atoms with Gasteiger partial charge < -0.3 is 9.47 Å². The molecule has 0 saturated heterocycles. The van der Waals surface area contributed by atoms with Gasteiger partial charge in [0.05, 0.1) is 0 Å². The lowest BCUT2D eigenvalue weighted by Gasteiger charge is -2.18. The van der Waals surface area contributed by atoms with Crippen molar-refractivity contribution in [3.05, 3.63) is 157 Å². The summed E-state index contributed by atoms with van der Waals surface area (Å²) in [6, 6.07) is 41.6.